The van der Waals surface area contributed by atoms with E-state index in [0.717, 1.165) is 30.9 Å². The van der Waals surface area contributed by atoms with Crippen molar-refractivity contribution in [1.29, 1.82) is 0 Å². The number of benzene rings is 1. The van der Waals surface area contributed by atoms with Crippen LogP contribution in [0.5, 0.6) is 0 Å². The molecule has 0 saturated heterocycles. The molecule has 1 aromatic carbocycles. The summed E-state index contributed by atoms with van der Waals surface area (Å²) < 4.78 is 0. The van der Waals surface area contributed by atoms with E-state index in [1.807, 2.05) is 11.8 Å². The lowest BCUT2D eigenvalue weighted by atomic mass is 10.1. The summed E-state index contributed by atoms with van der Waals surface area (Å²) in [6.45, 7) is 8.18. The highest BCUT2D eigenvalue weighted by Crippen LogP contribution is 2.25. The Bertz CT molecular complexity index is 403. The maximum absolute atomic E-state index is 3.64. The van der Waals surface area contributed by atoms with E-state index in [-0.39, 0.29) is 0 Å². The average molecular weight is 335 g/mol. The van der Waals surface area contributed by atoms with Crippen LogP contribution in [0.3, 0.4) is 0 Å². The molecule has 23 heavy (non-hydrogen) atoms. The van der Waals surface area contributed by atoms with Crippen LogP contribution in [0.2, 0.25) is 0 Å². The first-order chi connectivity index (χ1) is 11.3. The topological polar surface area (TPSA) is 15.3 Å². The molecule has 3 heteroatoms. The molecule has 0 spiro atoms. The second kappa shape index (κ2) is 11.1. The zero-order valence-corrected chi connectivity index (χ0v) is 15.8. The molecular formula is C20H34N2S. The first-order valence-electron chi connectivity index (χ1n) is 9.39. The molecule has 1 fully saturated rings. The summed E-state index contributed by atoms with van der Waals surface area (Å²) >= 11 is 2.03. The Labute approximate surface area is 147 Å². The van der Waals surface area contributed by atoms with Gasteiger partial charge in [-0.1, -0.05) is 50.1 Å². The Morgan fingerprint density at radius 1 is 1.17 bits per heavy atom. The number of rotatable bonds is 11. The van der Waals surface area contributed by atoms with Gasteiger partial charge in [-0.05, 0) is 31.7 Å². The van der Waals surface area contributed by atoms with Crippen LogP contribution in [0, 0.1) is 0 Å². The molecule has 130 valence electrons. The summed E-state index contributed by atoms with van der Waals surface area (Å²) in [6.07, 6.45) is 6.96. The Balaban J connectivity index is 1.56. The second-order valence-electron chi connectivity index (χ2n) is 6.72. The first kappa shape index (κ1) is 18.8. The van der Waals surface area contributed by atoms with Gasteiger partial charge >= 0.3 is 0 Å². The van der Waals surface area contributed by atoms with E-state index in [1.165, 1.54) is 50.0 Å². The summed E-state index contributed by atoms with van der Waals surface area (Å²) in [5.41, 5.74) is 1.43. The predicted molar refractivity (Wildman–Crippen MR) is 104 cm³/mol. The molecule has 1 aromatic rings. The molecule has 1 unspecified atom stereocenters. The van der Waals surface area contributed by atoms with Gasteiger partial charge in [-0.3, -0.25) is 4.90 Å². The fourth-order valence-electron chi connectivity index (χ4n) is 3.48. The highest BCUT2D eigenvalue weighted by Gasteiger charge is 2.24. The highest BCUT2D eigenvalue weighted by molar-refractivity contribution is 7.98. The van der Waals surface area contributed by atoms with Crippen molar-refractivity contribution in [3.05, 3.63) is 35.9 Å². The fourth-order valence-corrected chi connectivity index (χ4v) is 4.34. The first-order valence-corrected chi connectivity index (χ1v) is 10.5. The van der Waals surface area contributed by atoms with Gasteiger partial charge < -0.3 is 5.32 Å². The van der Waals surface area contributed by atoms with E-state index in [0.29, 0.717) is 0 Å². The van der Waals surface area contributed by atoms with Crippen LogP contribution in [0.25, 0.3) is 0 Å². The SMILES string of the molecule is CCC(C)N(CCNCCSCc1ccccc1)C1CCCC1. The number of thioether (sulfide) groups is 1. The number of nitrogens with one attached hydrogen (secondary N) is 1. The quantitative estimate of drug-likeness (QED) is 0.598. The smallest absolute Gasteiger partial charge is 0.0185 e. The Hall–Kier alpha value is -0.510. The fraction of sp³-hybridized carbons (Fsp3) is 0.700. The van der Waals surface area contributed by atoms with E-state index in [2.05, 4.69) is 54.4 Å². The van der Waals surface area contributed by atoms with Crippen LogP contribution in [-0.2, 0) is 5.75 Å². The minimum atomic E-state index is 0.729. The summed E-state index contributed by atoms with van der Waals surface area (Å²) in [5, 5.41) is 3.64. The van der Waals surface area contributed by atoms with Crippen LogP contribution in [0.4, 0.5) is 0 Å². The Kier molecular flexibility index (Phi) is 9.10. The van der Waals surface area contributed by atoms with Gasteiger partial charge in [0.1, 0.15) is 0 Å². The van der Waals surface area contributed by atoms with Crippen molar-refractivity contribution in [3.8, 4) is 0 Å². The lowest BCUT2D eigenvalue weighted by Gasteiger charge is -2.34. The molecule has 1 N–H and O–H groups in total. The van der Waals surface area contributed by atoms with E-state index in [4.69, 9.17) is 0 Å². The predicted octanol–water partition coefficient (Wildman–Crippen LogP) is 4.55. The maximum Gasteiger partial charge on any atom is 0.0185 e. The molecule has 1 saturated carbocycles. The Morgan fingerprint density at radius 2 is 1.91 bits per heavy atom. The third kappa shape index (κ3) is 6.86. The van der Waals surface area contributed by atoms with E-state index >= 15 is 0 Å². The van der Waals surface area contributed by atoms with Crippen LogP contribution in [0.1, 0.15) is 51.5 Å². The van der Waals surface area contributed by atoms with Crippen LogP contribution in [-0.4, -0.2) is 42.4 Å². The number of hydrogen-bond acceptors (Lipinski definition) is 3. The molecule has 0 heterocycles. The molecule has 2 nitrogen and oxygen atoms in total. The molecule has 1 aliphatic carbocycles. The van der Waals surface area contributed by atoms with Crippen molar-refractivity contribution < 1.29 is 0 Å². The van der Waals surface area contributed by atoms with Crippen molar-refractivity contribution in [2.24, 2.45) is 0 Å². The molecule has 0 amide bonds. The van der Waals surface area contributed by atoms with Gasteiger partial charge in [0.2, 0.25) is 0 Å². The molecule has 0 aromatic heterocycles. The van der Waals surface area contributed by atoms with Crippen molar-refractivity contribution in [1.82, 2.24) is 10.2 Å². The minimum Gasteiger partial charge on any atom is -0.315 e. The number of nitrogens with zero attached hydrogens (tertiary/aromatic N) is 1. The molecule has 0 bridgehead atoms. The van der Waals surface area contributed by atoms with Crippen molar-refractivity contribution in [3.63, 3.8) is 0 Å². The van der Waals surface area contributed by atoms with Crippen LogP contribution >= 0.6 is 11.8 Å². The third-order valence-corrected chi connectivity index (χ3v) is 6.06. The molecule has 1 aliphatic rings. The molecule has 0 radical (unpaired) electrons. The lowest BCUT2D eigenvalue weighted by molar-refractivity contribution is 0.143. The normalized spacial score (nSPS) is 17.0. The standard InChI is InChI=1S/C20H34N2S/c1-3-18(2)22(20-11-7-8-12-20)15-13-21-14-16-23-17-19-9-5-4-6-10-19/h4-6,9-10,18,20-21H,3,7-8,11-17H2,1-2H3. The van der Waals surface area contributed by atoms with Crippen molar-refractivity contribution in [2.75, 3.05) is 25.4 Å². The summed E-state index contributed by atoms with van der Waals surface area (Å²) in [5.74, 6) is 2.32. The highest BCUT2D eigenvalue weighted by atomic mass is 32.2. The summed E-state index contributed by atoms with van der Waals surface area (Å²) in [6, 6.07) is 12.3. The molecule has 1 atom stereocenters. The van der Waals surface area contributed by atoms with Gasteiger partial charge in [0.15, 0.2) is 0 Å². The molecule has 2 rings (SSSR count). The zero-order valence-electron chi connectivity index (χ0n) is 15.0. The van der Waals surface area contributed by atoms with Gasteiger partial charge in [-0.2, -0.15) is 11.8 Å². The summed E-state index contributed by atoms with van der Waals surface area (Å²) in [7, 11) is 0. The average Bonchev–Trinajstić information content (AvgIpc) is 3.12. The van der Waals surface area contributed by atoms with E-state index in [1.54, 1.807) is 0 Å². The van der Waals surface area contributed by atoms with Crippen molar-refractivity contribution >= 4 is 11.8 Å². The Morgan fingerprint density at radius 3 is 2.61 bits per heavy atom. The second-order valence-corrected chi connectivity index (χ2v) is 7.83. The lowest BCUT2D eigenvalue weighted by Crippen LogP contribution is -2.44. The van der Waals surface area contributed by atoms with Crippen molar-refractivity contribution in [2.45, 2.75) is 63.8 Å². The minimum absolute atomic E-state index is 0.729. The monoisotopic (exact) mass is 334 g/mol. The van der Waals surface area contributed by atoms with Gasteiger partial charge in [0, 0.05) is 43.2 Å². The van der Waals surface area contributed by atoms with Gasteiger partial charge in [0.05, 0.1) is 0 Å². The van der Waals surface area contributed by atoms with Crippen LogP contribution < -0.4 is 5.32 Å². The maximum atomic E-state index is 3.64. The van der Waals surface area contributed by atoms with E-state index < -0.39 is 0 Å². The van der Waals surface area contributed by atoms with Crippen LogP contribution in [0.15, 0.2) is 30.3 Å². The third-order valence-electron chi connectivity index (χ3n) is 5.03. The zero-order chi connectivity index (χ0) is 16.3. The van der Waals surface area contributed by atoms with Gasteiger partial charge in [-0.25, -0.2) is 0 Å². The molecule has 0 aliphatic heterocycles. The molecular weight excluding hydrogens is 300 g/mol. The largest absolute Gasteiger partial charge is 0.315 e. The van der Waals surface area contributed by atoms with Gasteiger partial charge in [-0.15, -0.1) is 0 Å². The number of hydrogen-bond donors (Lipinski definition) is 1. The van der Waals surface area contributed by atoms with E-state index in [9.17, 15) is 0 Å². The van der Waals surface area contributed by atoms with Gasteiger partial charge in [0.25, 0.3) is 0 Å². The summed E-state index contributed by atoms with van der Waals surface area (Å²) in [4.78, 5) is 2.76.